The van der Waals surface area contributed by atoms with Crippen molar-refractivity contribution in [2.24, 2.45) is 17.8 Å². The Balaban J connectivity index is 1.62. The van der Waals surface area contributed by atoms with Gasteiger partial charge in [0.25, 0.3) is 0 Å². The second-order valence-corrected chi connectivity index (χ2v) is 9.13. The van der Waals surface area contributed by atoms with Crippen LogP contribution in [0.2, 0.25) is 0 Å². The van der Waals surface area contributed by atoms with Crippen molar-refractivity contribution in [3.8, 4) is 11.3 Å². The van der Waals surface area contributed by atoms with E-state index in [1.165, 1.54) is 18.2 Å². The van der Waals surface area contributed by atoms with Crippen LogP contribution in [0.15, 0.2) is 41.6 Å². The number of thioether (sulfide) groups is 1. The van der Waals surface area contributed by atoms with E-state index in [4.69, 9.17) is 4.74 Å². The van der Waals surface area contributed by atoms with Crippen LogP contribution < -0.4 is 0 Å². The number of rotatable bonds is 6. The van der Waals surface area contributed by atoms with E-state index >= 15 is 0 Å². The van der Waals surface area contributed by atoms with Gasteiger partial charge in [-0.05, 0) is 43.6 Å². The molecule has 28 heavy (non-hydrogen) atoms. The summed E-state index contributed by atoms with van der Waals surface area (Å²) >= 11 is 1.35. The molecular weight excluding hydrogens is 368 g/mol. The number of ether oxygens (including phenoxy) is 1. The molecule has 0 saturated heterocycles. The lowest BCUT2D eigenvalue weighted by Crippen LogP contribution is -2.36. The van der Waals surface area contributed by atoms with Gasteiger partial charge in [-0.25, -0.2) is 9.97 Å². The van der Waals surface area contributed by atoms with Crippen molar-refractivity contribution in [1.29, 1.82) is 0 Å². The molecule has 150 valence electrons. The van der Waals surface area contributed by atoms with Crippen LogP contribution in [-0.4, -0.2) is 27.8 Å². The van der Waals surface area contributed by atoms with Crippen LogP contribution in [0.1, 0.15) is 45.7 Å². The number of hydrogen-bond donors (Lipinski definition) is 0. The Morgan fingerprint density at radius 3 is 2.68 bits per heavy atom. The topological polar surface area (TPSA) is 52.1 Å². The molecule has 0 N–H and O–H groups in total. The summed E-state index contributed by atoms with van der Waals surface area (Å²) < 4.78 is 5.89. The summed E-state index contributed by atoms with van der Waals surface area (Å²) in [5.41, 5.74) is 2.82. The highest BCUT2D eigenvalue weighted by Crippen LogP contribution is 2.35. The summed E-state index contributed by atoms with van der Waals surface area (Å²) in [7, 11) is 0. The minimum absolute atomic E-state index is 0.0372. The monoisotopic (exact) mass is 398 g/mol. The van der Waals surface area contributed by atoms with E-state index in [0.29, 0.717) is 22.9 Å². The van der Waals surface area contributed by atoms with Gasteiger partial charge in [-0.15, -0.1) is 0 Å². The van der Waals surface area contributed by atoms with Gasteiger partial charge in [-0.1, -0.05) is 69.3 Å². The molecule has 1 aromatic heterocycles. The van der Waals surface area contributed by atoms with Crippen LogP contribution in [0.4, 0.5) is 0 Å². The number of carbonyl (C=O) groups is 1. The van der Waals surface area contributed by atoms with Crippen molar-refractivity contribution in [2.75, 3.05) is 5.75 Å². The van der Waals surface area contributed by atoms with E-state index in [1.807, 2.05) is 43.3 Å². The third-order valence-electron chi connectivity index (χ3n) is 5.47. The molecular formula is C23H30N2O2S. The highest BCUT2D eigenvalue weighted by atomic mass is 32.2. The van der Waals surface area contributed by atoms with E-state index in [0.717, 1.165) is 29.8 Å². The normalized spacial score (nSPS) is 22.2. The van der Waals surface area contributed by atoms with Gasteiger partial charge in [0.2, 0.25) is 0 Å². The average Bonchev–Trinajstić information content (AvgIpc) is 2.66. The van der Waals surface area contributed by atoms with Crippen LogP contribution in [0.3, 0.4) is 0 Å². The molecule has 2 aromatic rings. The fourth-order valence-electron chi connectivity index (χ4n) is 3.94. The lowest BCUT2D eigenvalue weighted by atomic mass is 9.75. The van der Waals surface area contributed by atoms with Crippen LogP contribution >= 0.6 is 11.8 Å². The summed E-state index contributed by atoms with van der Waals surface area (Å²) in [5, 5.41) is 0.619. The first-order chi connectivity index (χ1) is 13.4. The van der Waals surface area contributed by atoms with Crippen molar-refractivity contribution in [3.63, 3.8) is 0 Å². The van der Waals surface area contributed by atoms with Crippen LogP contribution in [0.5, 0.6) is 0 Å². The van der Waals surface area contributed by atoms with Crippen molar-refractivity contribution in [3.05, 3.63) is 42.1 Å². The molecule has 0 radical (unpaired) electrons. The number of aryl methyl sites for hydroxylation is 1. The highest BCUT2D eigenvalue weighted by molar-refractivity contribution is 7.99. The van der Waals surface area contributed by atoms with Gasteiger partial charge in [0.05, 0.1) is 11.4 Å². The van der Waals surface area contributed by atoms with Gasteiger partial charge >= 0.3 is 5.97 Å². The molecule has 4 nitrogen and oxygen atoms in total. The minimum Gasteiger partial charge on any atom is -0.461 e. The number of benzene rings is 1. The van der Waals surface area contributed by atoms with Crippen LogP contribution in [0, 0.1) is 24.7 Å². The molecule has 1 aliphatic carbocycles. The molecule has 3 unspecified atom stereocenters. The maximum atomic E-state index is 12.5. The van der Waals surface area contributed by atoms with Gasteiger partial charge in [-0.3, -0.25) is 4.79 Å². The van der Waals surface area contributed by atoms with Gasteiger partial charge in [0.15, 0.2) is 5.16 Å². The first-order valence-electron chi connectivity index (χ1n) is 10.2. The number of esters is 1. The maximum Gasteiger partial charge on any atom is 0.316 e. The molecule has 1 heterocycles. The molecule has 5 heteroatoms. The molecule has 3 rings (SSSR count). The Bertz CT molecular complexity index is 794. The molecule has 1 saturated carbocycles. The first kappa shape index (κ1) is 20.8. The average molecular weight is 399 g/mol. The van der Waals surface area contributed by atoms with Gasteiger partial charge in [-0.2, -0.15) is 0 Å². The largest absolute Gasteiger partial charge is 0.461 e. The Morgan fingerprint density at radius 2 is 1.96 bits per heavy atom. The SMILES string of the molecule is Cc1cc(-c2ccccc2)nc(SCC(=O)OC2CC(C)CCC2C(C)C)n1. The smallest absolute Gasteiger partial charge is 0.316 e. The quantitative estimate of drug-likeness (QED) is 0.363. The number of aromatic nitrogens is 2. The van der Waals surface area contributed by atoms with Gasteiger partial charge < -0.3 is 4.74 Å². The van der Waals surface area contributed by atoms with Crippen molar-refractivity contribution < 1.29 is 9.53 Å². The van der Waals surface area contributed by atoms with Crippen molar-refractivity contribution >= 4 is 17.7 Å². The predicted molar refractivity (Wildman–Crippen MR) is 114 cm³/mol. The molecule has 3 atom stereocenters. The van der Waals surface area contributed by atoms with E-state index in [1.54, 1.807) is 0 Å². The summed E-state index contributed by atoms with van der Waals surface area (Å²) in [4.78, 5) is 21.6. The van der Waals surface area contributed by atoms with E-state index in [-0.39, 0.29) is 17.8 Å². The maximum absolute atomic E-state index is 12.5. The molecule has 1 aromatic carbocycles. The standard InChI is InChI=1S/C23H30N2O2S/c1-15(2)19-11-10-16(3)12-21(19)27-22(26)14-28-23-24-17(4)13-20(25-23)18-8-6-5-7-9-18/h5-9,13,15-16,19,21H,10-12,14H2,1-4H3. The van der Waals surface area contributed by atoms with Gasteiger partial charge in [0.1, 0.15) is 6.10 Å². The van der Waals surface area contributed by atoms with E-state index in [9.17, 15) is 4.79 Å². The summed E-state index contributed by atoms with van der Waals surface area (Å²) in [6.07, 6.45) is 3.38. The zero-order valence-corrected chi connectivity index (χ0v) is 18.0. The summed E-state index contributed by atoms with van der Waals surface area (Å²) in [6, 6.07) is 12.0. The van der Waals surface area contributed by atoms with Crippen molar-refractivity contribution in [2.45, 2.75) is 58.2 Å². The number of carbonyl (C=O) groups excluding carboxylic acids is 1. The van der Waals surface area contributed by atoms with Gasteiger partial charge in [0, 0.05) is 11.3 Å². The Labute approximate surface area is 172 Å². The third-order valence-corrected chi connectivity index (χ3v) is 6.29. The molecule has 1 fully saturated rings. The Morgan fingerprint density at radius 1 is 1.21 bits per heavy atom. The Hall–Kier alpha value is -1.88. The van der Waals surface area contributed by atoms with Crippen LogP contribution in [-0.2, 0) is 9.53 Å². The molecule has 0 amide bonds. The Kier molecular flexibility index (Phi) is 7.11. The second kappa shape index (κ2) is 9.55. The van der Waals surface area contributed by atoms with E-state index < -0.39 is 0 Å². The summed E-state index contributed by atoms with van der Waals surface area (Å²) in [6.45, 7) is 8.65. The zero-order chi connectivity index (χ0) is 20.1. The zero-order valence-electron chi connectivity index (χ0n) is 17.2. The molecule has 0 aliphatic heterocycles. The van der Waals surface area contributed by atoms with E-state index in [2.05, 4.69) is 30.7 Å². The number of hydrogen-bond acceptors (Lipinski definition) is 5. The molecule has 0 spiro atoms. The first-order valence-corrected chi connectivity index (χ1v) is 11.1. The summed E-state index contributed by atoms with van der Waals surface area (Å²) in [5.74, 6) is 1.69. The fourth-order valence-corrected chi connectivity index (χ4v) is 4.63. The lowest BCUT2D eigenvalue weighted by molar-refractivity contribution is -0.152. The molecule has 1 aliphatic rings. The van der Waals surface area contributed by atoms with Crippen LogP contribution in [0.25, 0.3) is 11.3 Å². The molecule has 0 bridgehead atoms. The highest BCUT2D eigenvalue weighted by Gasteiger charge is 2.33. The predicted octanol–water partition coefficient (Wildman–Crippen LogP) is 5.55. The number of nitrogens with zero attached hydrogens (tertiary/aromatic N) is 2. The second-order valence-electron chi connectivity index (χ2n) is 8.19. The minimum atomic E-state index is -0.166. The fraction of sp³-hybridized carbons (Fsp3) is 0.522. The van der Waals surface area contributed by atoms with Crippen molar-refractivity contribution in [1.82, 2.24) is 9.97 Å². The third kappa shape index (κ3) is 5.57. The lowest BCUT2D eigenvalue weighted by Gasteiger charge is -2.36.